The SMILES string of the molecule is O=C(CBr)NCCCc1cn([C@@H]2CC(O)[C@H](CO)O2)c(=O)[nH]c1=O. The van der Waals surface area contributed by atoms with Crippen molar-refractivity contribution < 1.29 is 19.7 Å². The Morgan fingerprint density at radius 1 is 1.50 bits per heavy atom. The lowest BCUT2D eigenvalue weighted by Crippen LogP contribution is -2.34. The molecule has 0 aromatic carbocycles. The van der Waals surface area contributed by atoms with Gasteiger partial charge in [0.1, 0.15) is 12.3 Å². The smallest absolute Gasteiger partial charge is 0.330 e. The summed E-state index contributed by atoms with van der Waals surface area (Å²) in [6, 6.07) is 0. The second-order valence-corrected chi connectivity index (χ2v) is 6.08. The molecular weight excluding hydrogens is 386 g/mol. The Kier molecular flexibility index (Phi) is 6.72. The van der Waals surface area contributed by atoms with E-state index in [-0.39, 0.29) is 24.3 Å². The van der Waals surface area contributed by atoms with Crippen molar-refractivity contribution in [1.29, 1.82) is 0 Å². The molecule has 1 aliphatic rings. The number of nitrogens with zero attached hydrogens (tertiary/aromatic N) is 1. The van der Waals surface area contributed by atoms with E-state index in [0.29, 0.717) is 24.9 Å². The molecule has 3 atom stereocenters. The van der Waals surface area contributed by atoms with Crippen molar-refractivity contribution in [3.05, 3.63) is 32.6 Å². The molecule has 1 unspecified atom stereocenters. The highest BCUT2D eigenvalue weighted by atomic mass is 79.9. The molecule has 1 aromatic heterocycles. The van der Waals surface area contributed by atoms with Crippen LogP contribution in [0.2, 0.25) is 0 Å². The number of alkyl halides is 1. The summed E-state index contributed by atoms with van der Waals surface area (Å²) >= 11 is 3.04. The summed E-state index contributed by atoms with van der Waals surface area (Å²) in [5.74, 6) is -0.141. The molecule has 2 rings (SSSR count). The zero-order valence-corrected chi connectivity index (χ0v) is 14.5. The van der Waals surface area contributed by atoms with Crippen LogP contribution in [-0.4, -0.2) is 56.4 Å². The lowest BCUT2D eigenvalue weighted by atomic mass is 10.1. The van der Waals surface area contributed by atoms with Gasteiger partial charge in [-0.05, 0) is 12.8 Å². The standard InChI is InChI=1S/C14H20BrN3O6/c15-5-11(21)16-3-1-2-8-6-18(14(23)17-13(8)22)12-4-9(20)10(7-19)24-12/h6,9-10,12,19-20H,1-5,7H2,(H,16,21)(H,17,22,23)/t9?,10-,12-/m0/s1. The van der Waals surface area contributed by atoms with Gasteiger partial charge in [0.2, 0.25) is 5.91 Å². The fourth-order valence-electron chi connectivity index (χ4n) is 2.52. The van der Waals surface area contributed by atoms with Crippen molar-refractivity contribution in [2.45, 2.75) is 37.7 Å². The maximum atomic E-state index is 12.0. The van der Waals surface area contributed by atoms with Gasteiger partial charge in [-0.15, -0.1) is 0 Å². The number of aryl methyl sites for hydroxylation is 1. The van der Waals surface area contributed by atoms with Crippen molar-refractivity contribution in [3.63, 3.8) is 0 Å². The van der Waals surface area contributed by atoms with Crippen molar-refractivity contribution in [3.8, 4) is 0 Å². The number of aromatic nitrogens is 2. The van der Waals surface area contributed by atoms with Crippen LogP contribution in [0, 0.1) is 0 Å². The molecule has 4 N–H and O–H groups in total. The minimum absolute atomic E-state index is 0.141. The molecular formula is C14H20BrN3O6. The highest BCUT2D eigenvalue weighted by Crippen LogP contribution is 2.27. The van der Waals surface area contributed by atoms with E-state index in [1.165, 1.54) is 10.8 Å². The number of hydrogen-bond donors (Lipinski definition) is 4. The van der Waals surface area contributed by atoms with E-state index in [1.54, 1.807) is 0 Å². The third-order valence-corrected chi connectivity index (χ3v) is 4.31. The summed E-state index contributed by atoms with van der Waals surface area (Å²) in [4.78, 5) is 37.2. The van der Waals surface area contributed by atoms with Crippen LogP contribution >= 0.6 is 15.9 Å². The number of aliphatic hydroxyl groups is 2. The number of aromatic amines is 1. The minimum atomic E-state index is -0.873. The Labute approximate surface area is 145 Å². The third-order valence-electron chi connectivity index (χ3n) is 3.80. The first-order valence-electron chi connectivity index (χ1n) is 7.57. The number of halogens is 1. The van der Waals surface area contributed by atoms with Crippen LogP contribution in [0.1, 0.15) is 24.6 Å². The second kappa shape index (κ2) is 8.56. The fraction of sp³-hybridized carbons (Fsp3) is 0.643. The Hall–Kier alpha value is -1.49. The molecule has 0 aliphatic carbocycles. The van der Waals surface area contributed by atoms with E-state index in [9.17, 15) is 19.5 Å². The molecule has 10 heteroatoms. The highest BCUT2D eigenvalue weighted by Gasteiger charge is 2.35. The van der Waals surface area contributed by atoms with Gasteiger partial charge in [-0.25, -0.2) is 4.79 Å². The van der Waals surface area contributed by atoms with Crippen LogP contribution in [0.15, 0.2) is 15.8 Å². The van der Waals surface area contributed by atoms with Crippen LogP contribution in [0.3, 0.4) is 0 Å². The molecule has 9 nitrogen and oxygen atoms in total. The van der Waals surface area contributed by atoms with E-state index in [0.717, 1.165) is 0 Å². The first-order valence-corrected chi connectivity index (χ1v) is 8.69. The van der Waals surface area contributed by atoms with E-state index in [1.807, 2.05) is 0 Å². The molecule has 1 aromatic rings. The van der Waals surface area contributed by atoms with Gasteiger partial charge in [-0.3, -0.25) is 19.1 Å². The topological polar surface area (TPSA) is 134 Å². The molecule has 134 valence electrons. The summed E-state index contributed by atoms with van der Waals surface area (Å²) in [6.07, 6.45) is 0.0965. The van der Waals surface area contributed by atoms with Crippen molar-refractivity contribution in [2.24, 2.45) is 0 Å². The fourth-order valence-corrected chi connectivity index (χ4v) is 2.72. The van der Waals surface area contributed by atoms with E-state index in [4.69, 9.17) is 9.84 Å². The summed E-state index contributed by atoms with van der Waals surface area (Å²) < 4.78 is 6.65. The average molecular weight is 406 g/mol. The predicted molar refractivity (Wildman–Crippen MR) is 88.1 cm³/mol. The zero-order chi connectivity index (χ0) is 17.7. The number of carbonyl (C=O) groups excluding carboxylic acids is 1. The van der Waals surface area contributed by atoms with E-state index >= 15 is 0 Å². The van der Waals surface area contributed by atoms with Gasteiger partial charge in [-0.1, -0.05) is 15.9 Å². The number of ether oxygens (including phenoxy) is 1. The van der Waals surface area contributed by atoms with Gasteiger partial charge < -0.3 is 20.3 Å². The first-order chi connectivity index (χ1) is 11.5. The lowest BCUT2D eigenvalue weighted by Gasteiger charge is -2.15. The summed E-state index contributed by atoms with van der Waals surface area (Å²) in [6.45, 7) is 0.0596. The van der Waals surface area contributed by atoms with E-state index in [2.05, 4.69) is 26.2 Å². The minimum Gasteiger partial charge on any atom is -0.394 e. The van der Waals surface area contributed by atoms with Crippen LogP contribution in [0.5, 0.6) is 0 Å². The maximum Gasteiger partial charge on any atom is 0.330 e. The predicted octanol–water partition coefficient (Wildman–Crippen LogP) is -1.38. The van der Waals surface area contributed by atoms with Crippen molar-refractivity contribution in [1.82, 2.24) is 14.9 Å². The molecule has 1 fully saturated rings. The van der Waals surface area contributed by atoms with Gasteiger partial charge in [0.15, 0.2) is 0 Å². The quantitative estimate of drug-likeness (QED) is 0.326. The van der Waals surface area contributed by atoms with Gasteiger partial charge in [0, 0.05) is 24.7 Å². The Bertz CT molecular complexity index is 688. The molecule has 0 bridgehead atoms. The Morgan fingerprint density at radius 3 is 2.88 bits per heavy atom. The number of hydrogen-bond acceptors (Lipinski definition) is 6. The molecule has 24 heavy (non-hydrogen) atoms. The lowest BCUT2D eigenvalue weighted by molar-refractivity contribution is -0.118. The molecule has 0 saturated carbocycles. The number of amides is 1. The molecule has 0 radical (unpaired) electrons. The van der Waals surface area contributed by atoms with Crippen LogP contribution in [0.25, 0.3) is 0 Å². The normalized spacial score (nSPS) is 23.4. The maximum absolute atomic E-state index is 12.0. The monoisotopic (exact) mass is 405 g/mol. The Morgan fingerprint density at radius 2 is 2.25 bits per heavy atom. The molecule has 0 spiro atoms. The third kappa shape index (κ3) is 4.53. The number of nitrogens with one attached hydrogen (secondary N) is 2. The number of aliphatic hydroxyl groups excluding tert-OH is 2. The van der Waals surface area contributed by atoms with Crippen molar-refractivity contribution >= 4 is 21.8 Å². The van der Waals surface area contributed by atoms with Gasteiger partial charge in [-0.2, -0.15) is 0 Å². The summed E-state index contributed by atoms with van der Waals surface area (Å²) in [7, 11) is 0. The number of H-pyrrole nitrogens is 1. The highest BCUT2D eigenvalue weighted by molar-refractivity contribution is 9.09. The summed E-state index contributed by atoms with van der Waals surface area (Å²) in [5.41, 5.74) is -0.735. The Balaban J connectivity index is 2.07. The number of rotatable bonds is 7. The van der Waals surface area contributed by atoms with Crippen molar-refractivity contribution in [2.75, 3.05) is 18.5 Å². The molecule has 2 heterocycles. The number of carbonyl (C=O) groups is 1. The summed E-state index contributed by atoms with van der Waals surface area (Å²) in [5, 5.41) is 21.8. The molecule has 1 saturated heterocycles. The van der Waals surface area contributed by atoms with Crippen LogP contribution in [0.4, 0.5) is 0 Å². The van der Waals surface area contributed by atoms with Crippen LogP contribution in [-0.2, 0) is 16.0 Å². The van der Waals surface area contributed by atoms with Gasteiger partial charge in [0.05, 0.1) is 18.0 Å². The van der Waals surface area contributed by atoms with Crippen LogP contribution < -0.4 is 16.6 Å². The molecule has 1 aliphatic heterocycles. The largest absolute Gasteiger partial charge is 0.394 e. The van der Waals surface area contributed by atoms with Gasteiger partial charge in [0.25, 0.3) is 5.56 Å². The molecule has 1 amide bonds. The second-order valence-electron chi connectivity index (χ2n) is 5.52. The zero-order valence-electron chi connectivity index (χ0n) is 12.9. The average Bonchev–Trinajstić information content (AvgIpc) is 2.93. The first kappa shape index (κ1) is 18.8. The van der Waals surface area contributed by atoms with Gasteiger partial charge >= 0.3 is 5.69 Å². The van der Waals surface area contributed by atoms with E-state index < -0.39 is 29.7 Å².